The Morgan fingerprint density at radius 1 is 1.05 bits per heavy atom. The van der Waals surface area contributed by atoms with Crippen LogP contribution < -0.4 is 5.73 Å². The van der Waals surface area contributed by atoms with Crippen molar-refractivity contribution in [1.29, 1.82) is 0 Å². The molecule has 20 heavy (non-hydrogen) atoms. The SMILES string of the molecule is NC1CCC(=O)N(C2CC2)C1c1cc(F)c(F)cc1F. The van der Waals surface area contributed by atoms with Gasteiger partial charge >= 0.3 is 0 Å². The van der Waals surface area contributed by atoms with Gasteiger partial charge in [-0.25, -0.2) is 13.2 Å². The third-order valence-corrected chi connectivity index (χ3v) is 3.98. The van der Waals surface area contributed by atoms with E-state index in [4.69, 9.17) is 5.73 Å². The lowest BCUT2D eigenvalue weighted by Crippen LogP contribution is -2.50. The van der Waals surface area contributed by atoms with E-state index in [1.807, 2.05) is 0 Å². The number of amides is 1. The summed E-state index contributed by atoms with van der Waals surface area (Å²) in [5.74, 6) is -3.31. The van der Waals surface area contributed by atoms with Gasteiger partial charge in [0.1, 0.15) is 5.82 Å². The van der Waals surface area contributed by atoms with Crippen LogP contribution in [0.25, 0.3) is 0 Å². The van der Waals surface area contributed by atoms with E-state index in [1.54, 1.807) is 4.90 Å². The van der Waals surface area contributed by atoms with Crippen molar-refractivity contribution >= 4 is 5.91 Å². The van der Waals surface area contributed by atoms with Crippen LogP contribution in [0, 0.1) is 17.5 Å². The van der Waals surface area contributed by atoms with E-state index in [1.165, 1.54) is 0 Å². The number of nitrogens with two attached hydrogens (primary N) is 1. The van der Waals surface area contributed by atoms with Gasteiger partial charge in [-0.2, -0.15) is 0 Å². The topological polar surface area (TPSA) is 46.3 Å². The summed E-state index contributed by atoms with van der Waals surface area (Å²) < 4.78 is 40.4. The number of likely N-dealkylation sites (tertiary alicyclic amines) is 1. The quantitative estimate of drug-likeness (QED) is 0.847. The van der Waals surface area contributed by atoms with Crippen LogP contribution in [0.15, 0.2) is 12.1 Å². The van der Waals surface area contributed by atoms with Crippen LogP contribution in [0.4, 0.5) is 13.2 Å². The largest absolute Gasteiger partial charge is 0.331 e. The molecule has 0 aromatic heterocycles. The second-order valence-corrected chi connectivity index (χ2v) is 5.47. The Bertz CT molecular complexity index is 560. The first kappa shape index (κ1) is 13.4. The van der Waals surface area contributed by atoms with Gasteiger partial charge in [-0.05, 0) is 25.3 Å². The second-order valence-electron chi connectivity index (χ2n) is 5.47. The minimum atomic E-state index is -1.24. The lowest BCUT2D eigenvalue weighted by Gasteiger charge is -2.40. The Kier molecular flexibility index (Phi) is 3.20. The van der Waals surface area contributed by atoms with Crippen molar-refractivity contribution in [2.75, 3.05) is 0 Å². The first-order valence-electron chi connectivity index (χ1n) is 6.70. The summed E-state index contributed by atoms with van der Waals surface area (Å²) in [6, 6.07) is 0.211. The Morgan fingerprint density at radius 3 is 2.35 bits per heavy atom. The third kappa shape index (κ3) is 2.18. The molecular weight excluding hydrogens is 269 g/mol. The molecule has 108 valence electrons. The van der Waals surface area contributed by atoms with E-state index in [0.29, 0.717) is 18.9 Å². The highest BCUT2D eigenvalue weighted by Crippen LogP contribution is 2.40. The van der Waals surface area contributed by atoms with Crippen LogP contribution in [0.3, 0.4) is 0 Å². The standard InChI is InChI=1S/C14H15F3N2O/c15-9-6-11(17)10(16)5-8(9)14-12(18)3-4-13(20)19(14)7-1-2-7/h5-7,12,14H,1-4,18H2. The molecule has 2 unspecified atom stereocenters. The fourth-order valence-corrected chi connectivity index (χ4v) is 2.87. The van der Waals surface area contributed by atoms with Crippen LogP contribution in [-0.4, -0.2) is 22.9 Å². The molecule has 6 heteroatoms. The van der Waals surface area contributed by atoms with Crippen molar-refractivity contribution in [2.24, 2.45) is 5.73 Å². The van der Waals surface area contributed by atoms with Gasteiger partial charge < -0.3 is 10.6 Å². The van der Waals surface area contributed by atoms with Gasteiger partial charge in [0.2, 0.25) is 5.91 Å². The molecule has 1 aliphatic heterocycles. The van der Waals surface area contributed by atoms with Crippen molar-refractivity contribution < 1.29 is 18.0 Å². The Labute approximate surface area is 114 Å². The first-order valence-corrected chi connectivity index (χ1v) is 6.70. The fourth-order valence-electron chi connectivity index (χ4n) is 2.87. The van der Waals surface area contributed by atoms with Crippen molar-refractivity contribution in [3.05, 3.63) is 35.1 Å². The summed E-state index contributed by atoms with van der Waals surface area (Å²) in [7, 11) is 0. The predicted octanol–water partition coefficient (Wildman–Crippen LogP) is 2.26. The summed E-state index contributed by atoms with van der Waals surface area (Å²) in [6.45, 7) is 0. The van der Waals surface area contributed by atoms with Crippen molar-refractivity contribution in [3.8, 4) is 0 Å². The maximum absolute atomic E-state index is 14.0. The molecule has 1 aromatic carbocycles. The molecule has 2 atom stereocenters. The zero-order chi connectivity index (χ0) is 14.4. The molecule has 2 fully saturated rings. The molecule has 0 radical (unpaired) electrons. The summed E-state index contributed by atoms with van der Waals surface area (Å²) in [4.78, 5) is 13.6. The molecule has 2 aliphatic rings. The smallest absolute Gasteiger partial charge is 0.223 e. The van der Waals surface area contributed by atoms with E-state index < -0.39 is 29.5 Å². The molecule has 2 N–H and O–H groups in total. The molecule has 1 amide bonds. The average Bonchev–Trinajstić information content (AvgIpc) is 3.21. The Morgan fingerprint density at radius 2 is 1.70 bits per heavy atom. The molecule has 0 spiro atoms. The zero-order valence-electron chi connectivity index (χ0n) is 10.8. The average molecular weight is 284 g/mol. The summed E-state index contributed by atoms with van der Waals surface area (Å²) in [5.41, 5.74) is 5.98. The number of benzene rings is 1. The van der Waals surface area contributed by atoms with Crippen LogP contribution in [0.1, 0.15) is 37.3 Å². The van der Waals surface area contributed by atoms with Crippen LogP contribution >= 0.6 is 0 Å². The minimum Gasteiger partial charge on any atom is -0.331 e. The van der Waals surface area contributed by atoms with Gasteiger partial charge in [0.15, 0.2) is 11.6 Å². The molecule has 1 heterocycles. The molecule has 1 aromatic rings. The number of hydrogen-bond donors (Lipinski definition) is 1. The first-order chi connectivity index (χ1) is 9.49. The number of nitrogens with zero attached hydrogens (tertiary/aromatic N) is 1. The Balaban J connectivity index is 2.04. The maximum atomic E-state index is 14.0. The zero-order valence-corrected chi connectivity index (χ0v) is 10.8. The van der Waals surface area contributed by atoms with Gasteiger partial charge in [0.05, 0.1) is 6.04 Å². The van der Waals surface area contributed by atoms with Crippen molar-refractivity contribution in [1.82, 2.24) is 4.90 Å². The van der Waals surface area contributed by atoms with E-state index >= 15 is 0 Å². The highest BCUT2D eigenvalue weighted by molar-refractivity contribution is 5.78. The molecule has 1 saturated heterocycles. The number of rotatable bonds is 2. The minimum absolute atomic E-state index is 0.0312. The second kappa shape index (κ2) is 4.77. The van der Waals surface area contributed by atoms with Crippen molar-refractivity contribution in [2.45, 2.75) is 43.8 Å². The highest BCUT2D eigenvalue weighted by atomic mass is 19.2. The van der Waals surface area contributed by atoms with Gasteiger partial charge in [-0.3, -0.25) is 4.79 Å². The summed E-state index contributed by atoms with van der Waals surface area (Å²) >= 11 is 0. The van der Waals surface area contributed by atoms with Crippen LogP contribution in [0.2, 0.25) is 0 Å². The Hall–Kier alpha value is -1.56. The molecule has 1 aliphatic carbocycles. The molecule has 3 rings (SSSR count). The number of carbonyl (C=O) groups is 1. The molecule has 3 nitrogen and oxygen atoms in total. The highest BCUT2D eigenvalue weighted by Gasteiger charge is 2.44. The van der Waals surface area contributed by atoms with Gasteiger partial charge in [0.25, 0.3) is 0 Å². The molecular formula is C14H15F3N2O. The predicted molar refractivity (Wildman–Crippen MR) is 66.1 cm³/mol. The lowest BCUT2D eigenvalue weighted by molar-refractivity contribution is -0.138. The molecule has 0 bridgehead atoms. The van der Waals surface area contributed by atoms with E-state index in [-0.39, 0.29) is 17.5 Å². The van der Waals surface area contributed by atoms with E-state index in [0.717, 1.165) is 18.9 Å². The van der Waals surface area contributed by atoms with Gasteiger partial charge in [-0.1, -0.05) is 0 Å². The molecule has 1 saturated carbocycles. The van der Waals surface area contributed by atoms with Gasteiger partial charge in [0, 0.05) is 30.1 Å². The van der Waals surface area contributed by atoms with Crippen LogP contribution in [-0.2, 0) is 4.79 Å². The summed E-state index contributed by atoms with van der Waals surface area (Å²) in [6.07, 6.45) is 2.44. The van der Waals surface area contributed by atoms with E-state index in [2.05, 4.69) is 0 Å². The number of carbonyl (C=O) groups excluding carboxylic acids is 1. The third-order valence-electron chi connectivity index (χ3n) is 3.98. The fraction of sp³-hybridized carbons (Fsp3) is 0.500. The summed E-state index contributed by atoms with van der Waals surface area (Å²) in [5, 5.41) is 0. The monoisotopic (exact) mass is 284 g/mol. The van der Waals surface area contributed by atoms with Crippen LogP contribution in [0.5, 0.6) is 0 Å². The normalized spacial score (nSPS) is 27.0. The van der Waals surface area contributed by atoms with Gasteiger partial charge in [-0.15, -0.1) is 0 Å². The van der Waals surface area contributed by atoms with Crippen molar-refractivity contribution in [3.63, 3.8) is 0 Å². The number of halogens is 3. The lowest BCUT2D eigenvalue weighted by atomic mass is 9.90. The van der Waals surface area contributed by atoms with E-state index in [9.17, 15) is 18.0 Å². The maximum Gasteiger partial charge on any atom is 0.223 e. The number of hydrogen-bond acceptors (Lipinski definition) is 2. The number of piperidine rings is 1.